The van der Waals surface area contributed by atoms with Gasteiger partial charge in [-0.3, -0.25) is 0 Å². The molecule has 0 radical (unpaired) electrons. The van der Waals surface area contributed by atoms with Gasteiger partial charge in [-0.05, 0) is 17.7 Å². The average molecular weight is 224 g/mol. The summed E-state index contributed by atoms with van der Waals surface area (Å²) < 4.78 is 15.5. The molecule has 1 unspecified atom stereocenters. The molecule has 1 N–H and O–H groups in total. The molecule has 1 aliphatic rings. The van der Waals surface area contributed by atoms with Crippen LogP contribution >= 0.6 is 0 Å². The van der Waals surface area contributed by atoms with Crippen LogP contribution in [0.25, 0.3) is 0 Å². The molecule has 1 heterocycles. The molecule has 1 saturated heterocycles. The lowest BCUT2D eigenvalue weighted by molar-refractivity contribution is -0.143. The molecule has 16 heavy (non-hydrogen) atoms. The quantitative estimate of drug-likeness (QED) is 0.815. The minimum atomic E-state index is -0.615. The van der Waals surface area contributed by atoms with Crippen LogP contribution in [0.3, 0.4) is 0 Å². The maximum absolute atomic E-state index is 9.89. The van der Waals surface area contributed by atoms with Crippen molar-refractivity contribution in [1.29, 1.82) is 0 Å². The Morgan fingerprint density at radius 3 is 2.94 bits per heavy atom. The topological polar surface area (TPSA) is 47.9 Å². The molecule has 4 nitrogen and oxygen atoms in total. The van der Waals surface area contributed by atoms with Gasteiger partial charge in [0, 0.05) is 0 Å². The molecule has 0 aromatic heterocycles. The van der Waals surface area contributed by atoms with Crippen LogP contribution in [-0.4, -0.2) is 38.1 Å². The molecule has 2 rings (SSSR count). The van der Waals surface area contributed by atoms with Crippen molar-refractivity contribution in [2.45, 2.75) is 12.2 Å². The smallest absolute Gasteiger partial charge is 0.119 e. The van der Waals surface area contributed by atoms with Crippen molar-refractivity contribution in [2.75, 3.05) is 26.9 Å². The number of hydrogen-bond donors (Lipinski definition) is 1. The van der Waals surface area contributed by atoms with Gasteiger partial charge in [0.15, 0.2) is 0 Å². The van der Waals surface area contributed by atoms with Gasteiger partial charge in [-0.2, -0.15) is 0 Å². The van der Waals surface area contributed by atoms with Crippen LogP contribution in [-0.2, 0) is 9.47 Å². The van der Waals surface area contributed by atoms with E-state index in [-0.39, 0.29) is 6.10 Å². The molecule has 1 aromatic rings. The lowest BCUT2D eigenvalue weighted by atomic mass is 10.1. The standard InChI is InChI=1S/C12H16O4/c1-14-10-4-2-3-9(5-10)12(13)8-16-11-6-15-7-11/h2-5,11-13H,6-8H2,1H3. The van der Waals surface area contributed by atoms with Crippen LogP contribution in [0.1, 0.15) is 11.7 Å². The van der Waals surface area contributed by atoms with E-state index in [1.807, 2.05) is 24.3 Å². The highest BCUT2D eigenvalue weighted by atomic mass is 16.6. The van der Waals surface area contributed by atoms with E-state index in [0.717, 1.165) is 11.3 Å². The SMILES string of the molecule is COc1cccc(C(O)COC2COC2)c1. The van der Waals surface area contributed by atoms with Crippen LogP contribution in [0.15, 0.2) is 24.3 Å². The van der Waals surface area contributed by atoms with Crippen molar-refractivity contribution >= 4 is 0 Å². The Morgan fingerprint density at radius 2 is 2.31 bits per heavy atom. The summed E-state index contributed by atoms with van der Waals surface area (Å²) in [5.74, 6) is 0.739. The van der Waals surface area contributed by atoms with Gasteiger partial charge in [-0.25, -0.2) is 0 Å². The normalized spacial score (nSPS) is 17.9. The fourth-order valence-electron chi connectivity index (χ4n) is 1.48. The Bertz CT molecular complexity index is 336. The first-order valence-electron chi connectivity index (χ1n) is 5.31. The fraction of sp³-hybridized carbons (Fsp3) is 0.500. The number of rotatable bonds is 5. The number of aliphatic hydroxyl groups is 1. The van der Waals surface area contributed by atoms with Gasteiger partial charge in [0.05, 0.1) is 26.9 Å². The summed E-state index contributed by atoms with van der Waals surface area (Å²) >= 11 is 0. The van der Waals surface area contributed by atoms with Crippen molar-refractivity contribution in [3.05, 3.63) is 29.8 Å². The Kier molecular flexibility index (Phi) is 3.77. The summed E-state index contributed by atoms with van der Waals surface area (Å²) in [5, 5.41) is 9.89. The van der Waals surface area contributed by atoms with Crippen LogP contribution in [0.5, 0.6) is 5.75 Å². The van der Waals surface area contributed by atoms with Gasteiger partial charge in [-0.15, -0.1) is 0 Å². The van der Waals surface area contributed by atoms with Crippen LogP contribution in [0.2, 0.25) is 0 Å². The Morgan fingerprint density at radius 1 is 1.50 bits per heavy atom. The molecule has 1 atom stereocenters. The maximum Gasteiger partial charge on any atom is 0.119 e. The van der Waals surface area contributed by atoms with Gasteiger partial charge in [-0.1, -0.05) is 12.1 Å². The zero-order valence-electron chi connectivity index (χ0n) is 9.26. The van der Waals surface area contributed by atoms with Gasteiger partial charge in [0.2, 0.25) is 0 Å². The monoisotopic (exact) mass is 224 g/mol. The van der Waals surface area contributed by atoms with E-state index in [1.54, 1.807) is 7.11 Å². The van der Waals surface area contributed by atoms with Crippen molar-refractivity contribution < 1.29 is 19.3 Å². The number of methoxy groups -OCH3 is 1. The highest BCUT2D eigenvalue weighted by Gasteiger charge is 2.20. The van der Waals surface area contributed by atoms with Gasteiger partial charge in [0.25, 0.3) is 0 Å². The molecule has 0 saturated carbocycles. The largest absolute Gasteiger partial charge is 0.497 e. The van der Waals surface area contributed by atoms with E-state index < -0.39 is 6.10 Å². The summed E-state index contributed by atoms with van der Waals surface area (Å²) in [6, 6.07) is 7.36. The van der Waals surface area contributed by atoms with Crippen molar-refractivity contribution in [2.24, 2.45) is 0 Å². The number of benzene rings is 1. The molecule has 0 spiro atoms. The number of ether oxygens (including phenoxy) is 3. The first-order chi connectivity index (χ1) is 7.79. The molecule has 0 aliphatic carbocycles. The van der Waals surface area contributed by atoms with Crippen LogP contribution in [0, 0.1) is 0 Å². The minimum absolute atomic E-state index is 0.139. The summed E-state index contributed by atoms with van der Waals surface area (Å²) in [5.41, 5.74) is 0.805. The van der Waals surface area contributed by atoms with Crippen LogP contribution < -0.4 is 4.74 Å². The predicted octanol–water partition coefficient (Wildman–Crippen LogP) is 1.14. The van der Waals surface area contributed by atoms with E-state index in [9.17, 15) is 5.11 Å². The molecule has 0 amide bonds. The summed E-state index contributed by atoms with van der Waals surface area (Å²) in [4.78, 5) is 0. The third-order valence-electron chi connectivity index (χ3n) is 2.58. The Balaban J connectivity index is 1.88. The van der Waals surface area contributed by atoms with E-state index >= 15 is 0 Å². The number of hydrogen-bond acceptors (Lipinski definition) is 4. The van der Waals surface area contributed by atoms with Gasteiger partial charge >= 0.3 is 0 Å². The molecule has 88 valence electrons. The summed E-state index contributed by atoms with van der Waals surface area (Å²) in [6.07, 6.45) is -0.476. The molecule has 1 aromatic carbocycles. The summed E-state index contributed by atoms with van der Waals surface area (Å²) in [7, 11) is 1.60. The molecular formula is C12H16O4. The minimum Gasteiger partial charge on any atom is -0.497 e. The molecular weight excluding hydrogens is 208 g/mol. The maximum atomic E-state index is 9.89. The van der Waals surface area contributed by atoms with E-state index in [2.05, 4.69) is 0 Å². The van der Waals surface area contributed by atoms with E-state index in [1.165, 1.54) is 0 Å². The second-order valence-corrected chi connectivity index (χ2v) is 3.79. The highest BCUT2D eigenvalue weighted by molar-refractivity contribution is 5.29. The summed E-state index contributed by atoms with van der Waals surface area (Å²) in [6.45, 7) is 1.55. The first-order valence-corrected chi connectivity index (χ1v) is 5.31. The predicted molar refractivity (Wildman–Crippen MR) is 58.5 cm³/mol. The first kappa shape index (κ1) is 11.4. The second-order valence-electron chi connectivity index (χ2n) is 3.79. The zero-order chi connectivity index (χ0) is 11.4. The zero-order valence-corrected chi connectivity index (χ0v) is 9.26. The molecule has 4 heteroatoms. The lowest BCUT2D eigenvalue weighted by Gasteiger charge is -2.27. The van der Waals surface area contributed by atoms with Gasteiger partial charge in [0.1, 0.15) is 18.0 Å². The van der Waals surface area contributed by atoms with Crippen LogP contribution in [0.4, 0.5) is 0 Å². The van der Waals surface area contributed by atoms with Crippen molar-refractivity contribution in [3.63, 3.8) is 0 Å². The van der Waals surface area contributed by atoms with Gasteiger partial charge < -0.3 is 19.3 Å². The second kappa shape index (κ2) is 5.30. The average Bonchev–Trinajstić information content (AvgIpc) is 2.27. The van der Waals surface area contributed by atoms with Crippen molar-refractivity contribution in [1.82, 2.24) is 0 Å². The third kappa shape index (κ3) is 2.72. The van der Waals surface area contributed by atoms with E-state index in [4.69, 9.17) is 14.2 Å². The fourth-order valence-corrected chi connectivity index (χ4v) is 1.48. The lowest BCUT2D eigenvalue weighted by Crippen LogP contribution is -2.37. The van der Waals surface area contributed by atoms with E-state index in [0.29, 0.717) is 19.8 Å². The third-order valence-corrected chi connectivity index (χ3v) is 2.58. The molecule has 1 aliphatic heterocycles. The number of aliphatic hydroxyl groups excluding tert-OH is 1. The molecule has 0 bridgehead atoms. The Labute approximate surface area is 94.8 Å². The Hall–Kier alpha value is -1.10. The highest BCUT2D eigenvalue weighted by Crippen LogP contribution is 2.20. The molecule has 1 fully saturated rings. The van der Waals surface area contributed by atoms with Crippen molar-refractivity contribution in [3.8, 4) is 5.75 Å².